The summed E-state index contributed by atoms with van der Waals surface area (Å²) in [6.07, 6.45) is -0.443. The molecular weight excluding hydrogens is 504 g/mol. The Balaban J connectivity index is 1.53. The highest BCUT2D eigenvalue weighted by Crippen LogP contribution is 2.29. The third-order valence-electron chi connectivity index (χ3n) is 6.03. The number of ether oxygens (including phenoxy) is 2. The first-order valence-electron chi connectivity index (χ1n) is 11.4. The van der Waals surface area contributed by atoms with Gasteiger partial charge < -0.3 is 18.9 Å². The van der Waals surface area contributed by atoms with Crippen molar-refractivity contribution in [2.24, 2.45) is 12.0 Å². The molecule has 0 saturated carbocycles. The molecule has 3 aromatic rings. The van der Waals surface area contributed by atoms with Crippen LogP contribution < -0.4 is 9.54 Å². The lowest BCUT2D eigenvalue weighted by molar-refractivity contribution is 0.0933. The van der Waals surface area contributed by atoms with E-state index in [0.29, 0.717) is 10.6 Å². The number of methoxy groups -OCH3 is 1. The number of thiazole rings is 1. The Morgan fingerprint density at radius 3 is 2.33 bits per heavy atom. The molecule has 10 nitrogen and oxygen atoms in total. The van der Waals surface area contributed by atoms with E-state index >= 15 is 0 Å². The van der Waals surface area contributed by atoms with E-state index in [0.717, 1.165) is 15.8 Å². The fraction of sp³-hybridized carbons (Fsp3) is 0.375. The topological polar surface area (TPSA) is 111 Å². The van der Waals surface area contributed by atoms with E-state index in [9.17, 15) is 18.0 Å². The number of nitrogens with zero attached hydrogens (tertiary/aromatic N) is 4. The zero-order valence-corrected chi connectivity index (χ0v) is 22.2. The Morgan fingerprint density at radius 1 is 1.06 bits per heavy atom. The number of hydrogen-bond acceptors (Lipinski definition) is 7. The molecule has 36 heavy (non-hydrogen) atoms. The molecule has 2 aromatic carbocycles. The fourth-order valence-corrected chi connectivity index (χ4v) is 6.54. The van der Waals surface area contributed by atoms with Gasteiger partial charge in [-0.2, -0.15) is 9.30 Å². The molecule has 0 atom stereocenters. The van der Waals surface area contributed by atoms with Crippen LogP contribution in [0.25, 0.3) is 10.2 Å². The third kappa shape index (κ3) is 4.88. The minimum atomic E-state index is -3.76. The second kappa shape index (κ2) is 10.4. The van der Waals surface area contributed by atoms with Crippen LogP contribution >= 0.6 is 11.3 Å². The summed E-state index contributed by atoms with van der Waals surface area (Å²) in [4.78, 5) is 31.1. The van der Waals surface area contributed by atoms with Gasteiger partial charge in [0.25, 0.3) is 5.91 Å². The fourth-order valence-electron chi connectivity index (χ4n) is 4.01. The van der Waals surface area contributed by atoms with Crippen molar-refractivity contribution in [2.75, 3.05) is 39.9 Å². The maximum atomic E-state index is 13.1. The smallest absolute Gasteiger partial charge is 0.409 e. The predicted octanol–water partition coefficient (Wildman–Crippen LogP) is 2.76. The van der Waals surface area contributed by atoms with Gasteiger partial charge >= 0.3 is 6.09 Å². The van der Waals surface area contributed by atoms with Gasteiger partial charge in [-0.25, -0.2) is 13.2 Å². The van der Waals surface area contributed by atoms with Crippen molar-refractivity contribution in [3.63, 3.8) is 0 Å². The van der Waals surface area contributed by atoms with Crippen LogP contribution in [0, 0.1) is 6.92 Å². The van der Waals surface area contributed by atoms with Gasteiger partial charge in [0.1, 0.15) is 11.3 Å². The van der Waals surface area contributed by atoms with E-state index in [1.807, 2.05) is 30.7 Å². The van der Waals surface area contributed by atoms with Crippen molar-refractivity contribution in [3.05, 3.63) is 52.3 Å². The van der Waals surface area contributed by atoms with Crippen LogP contribution in [-0.4, -0.2) is 74.1 Å². The summed E-state index contributed by atoms with van der Waals surface area (Å²) in [6, 6.07) is 9.59. The summed E-state index contributed by atoms with van der Waals surface area (Å²) in [6.45, 7) is 4.82. The van der Waals surface area contributed by atoms with Crippen molar-refractivity contribution in [1.29, 1.82) is 0 Å². The van der Waals surface area contributed by atoms with E-state index in [2.05, 4.69) is 4.99 Å². The van der Waals surface area contributed by atoms with Crippen LogP contribution in [0.1, 0.15) is 22.8 Å². The van der Waals surface area contributed by atoms with Crippen LogP contribution in [0.5, 0.6) is 5.75 Å². The Hall–Kier alpha value is -3.22. The van der Waals surface area contributed by atoms with Crippen molar-refractivity contribution in [1.82, 2.24) is 13.8 Å². The van der Waals surface area contributed by atoms with Gasteiger partial charge in [0.2, 0.25) is 10.0 Å². The average Bonchev–Trinajstić information content (AvgIpc) is 3.21. The molecule has 0 unspecified atom stereocenters. The number of sulfonamides is 1. The molecule has 1 fully saturated rings. The lowest BCUT2D eigenvalue weighted by Crippen LogP contribution is -2.50. The molecule has 0 aliphatic carbocycles. The molecular formula is C24H28N4O6S2. The molecule has 192 valence electrons. The largest absolute Gasteiger partial charge is 0.495 e. The molecule has 2 amide bonds. The number of benzene rings is 2. The maximum Gasteiger partial charge on any atom is 0.409 e. The van der Waals surface area contributed by atoms with E-state index < -0.39 is 22.0 Å². The Morgan fingerprint density at radius 2 is 1.72 bits per heavy atom. The van der Waals surface area contributed by atoms with E-state index in [1.165, 1.54) is 44.8 Å². The van der Waals surface area contributed by atoms with Gasteiger partial charge in [-0.1, -0.05) is 17.4 Å². The second-order valence-corrected chi connectivity index (χ2v) is 11.2. The van der Waals surface area contributed by atoms with Crippen LogP contribution in [0.3, 0.4) is 0 Å². The molecule has 4 rings (SSSR count). The molecule has 2 heterocycles. The first-order chi connectivity index (χ1) is 17.2. The first-order valence-corrected chi connectivity index (χ1v) is 13.7. The number of aromatic nitrogens is 1. The predicted molar refractivity (Wildman–Crippen MR) is 136 cm³/mol. The van der Waals surface area contributed by atoms with Gasteiger partial charge in [-0.05, 0) is 49.7 Å². The highest BCUT2D eigenvalue weighted by molar-refractivity contribution is 7.89. The number of fused-ring (bicyclic) bond motifs is 1. The molecule has 0 radical (unpaired) electrons. The number of amides is 2. The number of hydrogen-bond donors (Lipinski definition) is 0. The van der Waals surface area contributed by atoms with Crippen LogP contribution in [0.4, 0.5) is 4.79 Å². The normalized spacial score (nSPS) is 15.3. The van der Waals surface area contributed by atoms with E-state index in [-0.39, 0.29) is 43.2 Å². The van der Waals surface area contributed by atoms with Crippen molar-refractivity contribution >= 4 is 43.6 Å². The molecule has 1 aromatic heterocycles. The molecule has 0 spiro atoms. The number of rotatable bonds is 5. The monoisotopic (exact) mass is 532 g/mol. The molecule has 1 aliphatic heterocycles. The highest BCUT2D eigenvalue weighted by Gasteiger charge is 2.30. The van der Waals surface area contributed by atoms with Gasteiger partial charge in [0.15, 0.2) is 4.80 Å². The minimum Gasteiger partial charge on any atom is -0.495 e. The molecule has 12 heteroatoms. The summed E-state index contributed by atoms with van der Waals surface area (Å²) < 4.78 is 40.7. The minimum absolute atomic E-state index is 0.0800. The van der Waals surface area contributed by atoms with E-state index in [4.69, 9.17) is 9.47 Å². The van der Waals surface area contributed by atoms with Gasteiger partial charge in [-0.15, -0.1) is 0 Å². The second-order valence-electron chi connectivity index (χ2n) is 8.24. The number of aryl methyl sites for hydroxylation is 2. The Labute approximate surface area is 213 Å². The third-order valence-corrected chi connectivity index (χ3v) is 9.21. The quantitative estimate of drug-likeness (QED) is 0.500. The first kappa shape index (κ1) is 25.9. The molecule has 0 N–H and O–H groups in total. The van der Waals surface area contributed by atoms with Crippen molar-refractivity contribution in [3.8, 4) is 5.75 Å². The number of carbonyl (C=O) groups excluding carboxylic acids is 2. The SMILES string of the molecule is CCOC(=O)N1CCN(S(=O)(=O)c2ccc(C(=O)N=c3sc4c(C)ccc(OC)c4n3C)cc2)CC1. The average molecular weight is 533 g/mol. The maximum absolute atomic E-state index is 13.1. The summed E-state index contributed by atoms with van der Waals surface area (Å²) in [5.74, 6) is 0.224. The summed E-state index contributed by atoms with van der Waals surface area (Å²) in [7, 11) is -0.344. The van der Waals surface area contributed by atoms with Gasteiger partial charge in [0, 0.05) is 38.8 Å². The molecule has 1 saturated heterocycles. The Kier molecular flexibility index (Phi) is 7.48. The standard InChI is InChI=1S/C24H28N4O6S2/c1-5-34-24(30)27-12-14-28(15-13-27)36(31,32)18-9-7-17(8-10-18)22(29)25-23-26(3)20-19(33-4)11-6-16(2)21(20)35-23/h6-11H,5,12-15H2,1-4H3. The van der Waals surface area contributed by atoms with Gasteiger partial charge in [0.05, 0.1) is 23.3 Å². The molecule has 0 bridgehead atoms. The zero-order valence-electron chi connectivity index (χ0n) is 20.6. The summed E-state index contributed by atoms with van der Waals surface area (Å²) in [5.41, 5.74) is 2.19. The van der Waals surface area contributed by atoms with Crippen molar-refractivity contribution < 1.29 is 27.5 Å². The number of carbonyl (C=O) groups is 2. The van der Waals surface area contributed by atoms with Crippen LogP contribution in [0.2, 0.25) is 0 Å². The van der Waals surface area contributed by atoms with E-state index in [1.54, 1.807) is 14.0 Å². The zero-order chi connectivity index (χ0) is 26.0. The summed E-state index contributed by atoms with van der Waals surface area (Å²) >= 11 is 1.39. The van der Waals surface area contributed by atoms with Crippen LogP contribution in [-0.2, 0) is 21.8 Å². The van der Waals surface area contributed by atoms with Crippen LogP contribution in [0.15, 0.2) is 46.3 Å². The highest BCUT2D eigenvalue weighted by atomic mass is 32.2. The Bertz CT molecular complexity index is 1470. The van der Waals surface area contributed by atoms with Gasteiger partial charge in [-0.3, -0.25) is 4.79 Å². The molecule has 1 aliphatic rings. The van der Waals surface area contributed by atoms with Crippen molar-refractivity contribution in [2.45, 2.75) is 18.7 Å². The lowest BCUT2D eigenvalue weighted by atomic mass is 10.2. The number of piperazine rings is 1. The lowest BCUT2D eigenvalue weighted by Gasteiger charge is -2.33. The summed E-state index contributed by atoms with van der Waals surface area (Å²) in [5, 5.41) is 0.